The fourth-order valence-electron chi connectivity index (χ4n) is 3.35. The van der Waals surface area contributed by atoms with Crippen molar-refractivity contribution < 1.29 is 9.47 Å². The van der Waals surface area contributed by atoms with E-state index in [4.69, 9.17) is 9.47 Å². The molecule has 2 atom stereocenters. The van der Waals surface area contributed by atoms with Crippen LogP contribution >= 0.6 is 0 Å². The van der Waals surface area contributed by atoms with E-state index in [1.54, 1.807) is 0 Å². The van der Waals surface area contributed by atoms with Crippen LogP contribution in [0.25, 0.3) is 0 Å². The van der Waals surface area contributed by atoms with E-state index < -0.39 is 0 Å². The molecular weight excluding hydrogens is 216 g/mol. The largest absolute Gasteiger partial charge is 0.347 e. The van der Waals surface area contributed by atoms with E-state index in [1.807, 2.05) is 0 Å². The van der Waals surface area contributed by atoms with Crippen LogP contribution < -0.4 is 5.32 Å². The first-order valence-corrected chi connectivity index (χ1v) is 7.03. The van der Waals surface area contributed by atoms with Gasteiger partial charge in [-0.25, -0.2) is 0 Å². The van der Waals surface area contributed by atoms with Crippen molar-refractivity contribution in [1.29, 1.82) is 0 Å². The molecule has 0 aromatic carbocycles. The van der Waals surface area contributed by atoms with Crippen LogP contribution in [0, 0.1) is 0 Å². The van der Waals surface area contributed by atoms with Crippen LogP contribution in [0.5, 0.6) is 0 Å². The van der Waals surface area contributed by atoms with Crippen LogP contribution in [0.3, 0.4) is 0 Å². The van der Waals surface area contributed by atoms with E-state index in [0.717, 1.165) is 45.6 Å². The zero-order valence-electron chi connectivity index (χ0n) is 10.8. The highest BCUT2D eigenvalue weighted by Crippen LogP contribution is 2.39. The molecule has 4 heteroatoms. The van der Waals surface area contributed by atoms with Gasteiger partial charge in [-0.3, -0.25) is 4.90 Å². The summed E-state index contributed by atoms with van der Waals surface area (Å²) in [5.41, 5.74) is 0. The third kappa shape index (κ3) is 2.65. The molecule has 2 aliphatic heterocycles. The van der Waals surface area contributed by atoms with E-state index in [2.05, 4.69) is 17.1 Å². The van der Waals surface area contributed by atoms with Gasteiger partial charge in [-0.15, -0.1) is 0 Å². The predicted molar refractivity (Wildman–Crippen MR) is 65.9 cm³/mol. The molecule has 3 aliphatic rings. The lowest BCUT2D eigenvalue weighted by Crippen LogP contribution is -2.51. The van der Waals surface area contributed by atoms with Gasteiger partial charge in [0.05, 0.1) is 12.7 Å². The number of rotatable bonds is 2. The second-order valence-corrected chi connectivity index (χ2v) is 5.78. The van der Waals surface area contributed by atoms with Crippen molar-refractivity contribution in [3.8, 4) is 0 Å². The van der Waals surface area contributed by atoms with E-state index in [-0.39, 0.29) is 5.79 Å². The van der Waals surface area contributed by atoms with E-state index >= 15 is 0 Å². The van der Waals surface area contributed by atoms with Crippen molar-refractivity contribution in [2.24, 2.45) is 0 Å². The lowest BCUT2D eigenvalue weighted by molar-refractivity contribution is -0.163. The van der Waals surface area contributed by atoms with Crippen LogP contribution in [-0.4, -0.2) is 55.6 Å². The number of ether oxygens (including phenoxy) is 2. The Kier molecular flexibility index (Phi) is 3.39. The summed E-state index contributed by atoms with van der Waals surface area (Å²) >= 11 is 0. The maximum atomic E-state index is 6.16. The molecule has 4 nitrogen and oxygen atoms in total. The number of nitrogens with zero attached hydrogens (tertiary/aromatic N) is 1. The predicted octanol–water partition coefficient (Wildman–Crippen LogP) is 0.966. The quantitative estimate of drug-likeness (QED) is 0.780. The van der Waals surface area contributed by atoms with Crippen LogP contribution in [0.4, 0.5) is 0 Å². The molecule has 0 amide bonds. The molecule has 17 heavy (non-hydrogen) atoms. The van der Waals surface area contributed by atoms with Crippen molar-refractivity contribution in [2.75, 3.05) is 32.8 Å². The Bertz CT molecular complexity index is 266. The minimum Gasteiger partial charge on any atom is -0.347 e. The average Bonchev–Trinajstić information content (AvgIpc) is 2.90. The molecule has 98 valence electrons. The standard InChI is InChI=1S/C13H24N2O2/c1-11-8-15(7-6-14-11)9-12-10-16-13(17-12)4-2-3-5-13/h11-12,14H,2-10H2,1H3. The summed E-state index contributed by atoms with van der Waals surface area (Å²) < 4.78 is 12.1. The molecule has 1 saturated carbocycles. The molecule has 3 fully saturated rings. The van der Waals surface area contributed by atoms with Crippen LogP contribution in [0.15, 0.2) is 0 Å². The summed E-state index contributed by atoms with van der Waals surface area (Å²) in [6, 6.07) is 0.603. The highest BCUT2D eigenvalue weighted by molar-refractivity contribution is 4.86. The third-order valence-electron chi connectivity index (χ3n) is 4.19. The van der Waals surface area contributed by atoms with Crippen molar-refractivity contribution in [3.05, 3.63) is 0 Å². The maximum Gasteiger partial charge on any atom is 0.168 e. The molecule has 3 rings (SSSR count). The lowest BCUT2D eigenvalue weighted by atomic mass is 10.2. The first-order valence-electron chi connectivity index (χ1n) is 7.03. The molecule has 2 saturated heterocycles. The fourth-order valence-corrected chi connectivity index (χ4v) is 3.35. The van der Waals surface area contributed by atoms with Gasteiger partial charge in [0.15, 0.2) is 5.79 Å². The first-order chi connectivity index (χ1) is 8.26. The number of hydrogen-bond acceptors (Lipinski definition) is 4. The highest BCUT2D eigenvalue weighted by Gasteiger charge is 2.44. The highest BCUT2D eigenvalue weighted by atomic mass is 16.7. The Morgan fingerprint density at radius 2 is 2.18 bits per heavy atom. The van der Waals surface area contributed by atoms with E-state index in [1.165, 1.54) is 12.8 Å². The third-order valence-corrected chi connectivity index (χ3v) is 4.19. The summed E-state index contributed by atoms with van der Waals surface area (Å²) in [6.07, 6.45) is 5.01. The SMILES string of the molecule is CC1CN(CC2COC3(CCCC3)O2)CCN1. The lowest BCUT2D eigenvalue weighted by Gasteiger charge is -2.33. The maximum absolute atomic E-state index is 6.16. The van der Waals surface area contributed by atoms with Gasteiger partial charge < -0.3 is 14.8 Å². The molecule has 1 spiro atoms. The Labute approximate surface area is 104 Å². The molecule has 0 aromatic rings. The van der Waals surface area contributed by atoms with Gasteiger partial charge in [0, 0.05) is 45.1 Å². The van der Waals surface area contributed by atoms with Crippen LogP contribution in [-0.2, 0) is 9.47 Å². The molecule has 0 radical (unpaired) electrons. The molecule has 1 N–H and O–H groups in total. The molecule has 0 bridgehead atoms. The van der Waals surface area contributed by atoms with Gasteiger partial charge in [-0.05, 0) is 19.8 Å². The zero-order chi connectivity index (χ0) is 11.7. The first kappa shape index (κ1) is 11.9. The van der Waals surface area contributed by atoms with Gasteiger partial charge >= 0.3 is 0 Å². The van der Waals surface area contributed by atoms with Gasteiger partial charge in [-0.1, -0.05) is 0 Å². The van der Waals surface area contributed by atoms with Gasteiger partial charge in [0.2, 0.25) is 0 Å². The number of piperazine rings is 1. The van der Waals surface area contributed by atoms with Gasteiger partial charge in [0.1, 0.15) is 0 Å². The Morgan fingerprint density at radius 3 is 2.94 bits per heavy atom. The Balaban J connectivity index is 1.50. The smallest absolute Gasteiger partial charge is 0.168 e. The topological polar surface area (TPSA) is 33.7 Å². The number of nitrogens with one attached hydrogen (secondary N) is 1. The summed E-state index contributed by atoms with van der Waals surface area (Å²) in [6.45, 7) is 7.44. The summed E-state index contributed by atoms with van der Waals surface area (Å²) in [5, 5.41) is 3.47. The van der Waals surface area contributed by atoms with Gasteiger partial charge in [-0.2, -0.15) is 0 Å². The van der Waals surface area contributed by atoms with Crippen molar-refractivity contribution in [1.82, 2.24) is 10.2 Å². The van der Waals surface area contributed by atoms with Crippen molar-refractivity contribution >= 4 is 0 Å². The van der Waals surface area contributed by atoms with Crippen LogP contribution in [0.1, 0.15) is 32.6 Å². The monoisotopic (exact) mass is 240 g/mol. The molecular formula is C13H24N2O2. The Morgan fingerprint density at radius 1 is 1.35 bits per heavy atom. The Hall–Kier alpha value is -0.160. The molecule has 0 aromatic heterocycles. The summed E-state index contributed by atoms with van der Waals surface area (Å²) in [7, 11) is 0. The normalized spacial score (nSPS) is 37.9. The second kappa shape index (κ2) is 4.84. The van der Waals surface area contributed by atoms with E-state index in [0.29, 0.717) is 12.1 Å². The van der Waals surface area contributed by atoms with E-state index in [9.17, 15) is 0 Å². The van der Waals surface area contributed by atoms with Crippen molar-refractivity contribution in [3.63, 3.8) is 0 Å². The minimum absolute atomic E-state index is 0.190. The molecule has 1 aliphatic carbocycles. The summed E-state index contributed by atoms with van der Waals surface area (Å²) in [4.78, 5) is 2.50. The zero-order valence-corrected chi connectivity index (χ0v) is 10.8. The fraction of sp³-hybridized carbons (Fsp3) is 1.00. The summed E-state index contributed by atoms with van der Waals surface area (Å²) in [5.74, 6) is -0.190. The molecule has 2 heterocycles. The van der Waals surface area contributed by atoms with Crippen molar-refractivity contribution in [2.45, 2.75) is 50.5 Å². The minimum atomic E-state index is -0.190. The average molecular weight is 240 g/mol. The number of hydrogen-bond donors (Lipinski definition) is 1. The second-order valence-electron chi connectivity index (χ2n) is 5.78. The van der Waals surface area contributed by atoms with Gasteiger partial charge in [0.25, 0.3) is 0 Å². The van der Waals surface area contributed by atoms with Crippen LogP contribution in [0.2, 0.25) is 0 Å². The molecule has 2 unspecified atom stereocenters.